The lowest BCUT2D eigenvalue weighted by Crippen LogP contribution is -2.48. The van der Waals surface area contributed by atoms with Crippen LogP contribution in [0.15, 0.2) is 45.8 Å². The van der Waals surface area contributed by atoms with Crippen LogP contribution in [0.5, 0.6) is 0 Å². The number of rotatable bonds is 4. The van der Waals surface area contributed by atoms with Crippen molar-refractivity contribution in [1.82, 2.24) is 4.72 Å². The topological polar surface area (TPSA) is 72.2 Å². The molecule has 0 amide bonds. The number of fused-ring (bicyclic) bond motifs is 1. The molecule has 0 bridgehead atoms. The summed E-state index contributed by atoms with van der Waals surface area (Å²) in [6.07, 6.45) is 0. The van der Waals surface area contributed by atoms with Crippen molar-refractivity contribution in [3.8, 4) is 0 Å². The van der Waals surface area contributed by atoms with Gasteiger partial charge >= 0.3 is 0 Å². The predicted molar refractivity (Wildman–Crippen MR) is 92.4 cm³/mol. The summed E-state index contributed by atoms with van der Waals surface area (Å²) < 4.78 is 28.3. The zero-order valence-electron chi connectivity index (χ0n) is 11.8. The molecule has 2 aromatic rings. The van der Waals surface area contributed by atoms with Crippen LogP contribution in [0, 0.1) is 0 Å². The molecule has 3 N–H and O–H groups in total. The monoisotopic (exact) mass is 392 g/mol. The summed E-state index contributed by atoms with van der Waals surface area (Å²) in [7, 11) is -3.57. The second-order valence-electron chi connectivity index (χ2n) is 5.35. The van der Waals surface area contributed by atoms with Crippen LogP contribution in [-0.2, 0) is 10.0 Å². The molecule has 0 saturated heterocycles. The van der Waals surface area contributed by atoms with E-state index < -0.39 is 15.6 Å². The summed E-state index contributed by atoms with van der Waals surface area (Å²) >= 11 is 3.40. The van der Waals surface area contributed by atoms with Crippen molar-refractivity contribution in [3.05, 3.63) is 40.9 Å². The van der Waals surface area contributed by atoms with E-state index in [0.29, 0.717) is 0 Å². The van der Waals surface area contributed by atoms with Crippen LogP contribution in [0.3, 0.4) is 0 Å². The van der Waals surface area contributed by atoms with Gasteiger partial charge < -0.3 is 5.73 Å². The normalized spacial score (nSPS) is 12.2. The van der Waals surface area contributed by atoms with Crippen molar-refractivity contribution in [2.45, 2.75) is 24.3 Å². The minimum atomic E-state index is -3.57. The SMILES string of the molecule is CC(C)(CN)NS(=O)(=O)c1ccc2cc(Br)ccc2c1.Cl. The lowest BCUT2D eigenvalue weighted by Gasteiger charge is -2.23. The van der Waals surface area contributed by atoms with Crippen LogP contribution in [0.1, 0.15) is 13.8 Å². The van der Waals surface area contributed by atoms with Gasteiger partial charge in [-0.15, -0.1) is 12.4 Å². The average molecular weight is 394 g/mol. The summed E-state index contributed by atoms with van der Waals surface area (Å²) in [5.74, 6) is 0. The Kier molecular flexibility index (Phi) is 5.80. The number of hydrogen-bond acceptors (Lipinski definition) is 3. The van der Waals surface area contributed by atoms with E-state index in [2.05, 4.69) is 20.7 Å². The van der Waals surface area contributed by atoms with Crippen LogP contribution in [0.25, 0.3) is 10.8 Å². The summed E-state index contributed by atoms with van der Waals surface area (Å²) in [6.45, 7) is 3.73. The van der Waals surface area contributed by atoms with Gasteiger partial charge in [0.2, 0.25) is 10.0 Å². The van der Waals surface area contributed by atoms with E-state index in [9.17, 15) is 8.42 Å². The first-order valence-corrected chi connectivity index (χ1v) is 8.44. The van der Waals surface area contributed by atoms with E-state index in [1.165, 1.54) is 0 Å². The molecule has 0 aliphatic rings. The Bertz CT molecular complexity index is 748. The first kappa shape index (κ1) is 18.4. The highest BCUT2D eigenvalue weighted by Crippen LogP contribution is 2.23. The Morgan fingerprint density at radius 1 is 1.14 bits per heavy atom. The Hall–Kier alpha value is -0.660. The number of hydrogen-bond donors (Lipinski definition) is 2. The van der Waals surface area contributed by atoms with E-state index in [0.717, 1.165) is 15.2 Å². The molecule has 0 fully saturated rings. The molecule has 0 spiro atoms. The second kappa shape index (κ2) is 6.62. The number of nitrogens with one attached hydrogen (secondary N) is 1. The maximum Gasteiger partial charge on any atom is 0.241 e. The molecule has 7 heteroatoms. The highest BCUT2D eigenvalue weighted by molar-refractivity contribution is 9.10. The number of sulfonamides is 1. The van der Waals surface area contributed by atoms with Crippen LogP contribution >= 0.6 is 28.3 Å². The van der Waals surface area contributed by atoms with Crippen molar-refractivity contribution in [2.75, 3.05) is 6.54 Å². The fourth-order valence-electron chi connectivity index (χ4n) is 1.83. The Morgan fingerprint density at radius 3 is 2.33 bits per heavy atom. The highest BCUT2D eigenvalue weighted by Gasteiger charge is 2.24. The van der Waals surface area contributed by atoms with Crippen molar-refractivity contribution in [3.63, 3.8) is 0 Å². The second-order valence-corrected chi connectivity index (χ2v) is 7.94. The molecule has 0 aliphatic heterocycles. The molecule has 2 rings (SSSR count). The van der Waals surface area contributed by atoms with Gasteiger partial charge in [-0.05, 0) is 48.9 Å². The van der Waals surface area contributed by atoms with E-state index >= 15 is 0 Å². The molecule has 0 aliphatic carbocycles. The average Bonchev–Trinajstić information content (AvgIpc) is 2.37. The fourth-order valence-corrected chi connectivity index (χ4v) is 3.66. The minimum Gasteiger partial charge on any atom is -0.329 e. The predicted octanol–water partition coefficient (Wildman–Crippen LogP) is 3.04. The molecule has 116 valence electrons. The summed E-state index contributed by atoms with van der Waals surface area (Å²) in [4.78, 5) is 0.244. The quantitative estimate of drug-likeness (QED) is 0.838. The number of nitrogens with two attached hydrogens (primary N) is 1. The molecule has 0 unspecified atom stereocenters. The number of halogens is 2. The lowest BCUT2D eigenvalue weighted by atomic mass is 10.1. The molecule has 0 atom stereocenters. The molecule has 0 aromatic heterocycles. The maximum atomic E-state index is 12.3. The van der Waals surface area contributed by atoms with Crippen LogP contribution < -0.4 is 10.5 Å². The van der Waals surface area contributed by atoms with Gasteiger partial charge in [0, 0.05) is 16.6 Å². The third-order valence-electron chi connectivity index (χ3n) is 3.01. The Morgan fingerprint density at radius 2 is 1.71 bits per heavy atom. The highest BCUT2D eigenvalue weighted by atomic mass is 79.9. The molecular weight excluding hydrogens is 376 g/mol. The lowest BCUT2D eigenvalue weighted by molar-refractivity contribution is 0.462. The van der Waals surface area contributed by atoms with E-state index in [-0.39, 0.29) is 23.8 Å². The zero-order chi connectivity index (χ0) is 15.0. The molecule has 4 nitrogen and oxygen atoms in total. The van der Waals surface area contributed by atoms with E-state index in [1.807, 2.05) is 18.2 Å². The Balaban J connectivity index is 0.00000220. The van der Waals surface area contributed by atoms with Gasteiger partial charge in [-0.1, -0.05) is 28.1 Å². The first-order valence-electron chi connectivity index (χ1n) is 6.17. The van der Waals surface area contributed by atoms with Gasteiger partial charge in [-0.2, -0.15) is 0 Å². The minimum absolute atomic E-state index is 0. The standard InChI is InChI=1S/C14H17BrN2O2S.ClH/c1-14(2,9-16)17-20(18,19)13-6-4-10-7-12(15)5-3-11(10)8-13;/h3-8,17H,9,16H2,1-2H3;1H. The third-order valence-corrected chi connectivity index (χ3v) is 5.19. The fraction of sp³-hybridized carbons (Fsp3) is 0.286. The molecule has 0 heterocycles. The summed E-state index contributed by atoms with van der Waals surface area (Å²) in [5, 5.41) is 1.86. The van der Waals surface area contributed by atoms with Crippen molar-refractivity contribution >= 4 is 49.1 Å². The van der Waals surface area contributed by atoms with Gasteiger partial charge in [0.05, 0.1) is 4.90 Å². The van der Waals surface area contributed by atoms with Gasteiger partial charge in [0.15, 0.2) is 0 Å². The first-order chi connectivity index (χ1) is 9.23. The summed E-state index contributed by atoms with van der Waals surface area (Å²) in [5.41, 5.74) is 4.89. The van der Waals surface area contributed by atoms with Gasteiger partial charge in [0.25, 0.3) is 0 Å². The maximum absolute atomic E-state index is 12.3. The Labute approximate surface area is 139 Å². The van der Waals surface area contributed by atoms with Gasteiger partial charge in [0.1, 0.15) is 0 Å². The third kappa shape index (κ3) is 4.40. The van der Waals surface area contributed by atoms with Crippen LogP contribution in [0.4, 0.5) is 0 Å². The molecule has 0 saturated carbocycles. The smallest absolute Gasteiger partial charge is 0.241 e. The largest absolute Gasteiger partial charge is 0.329 e. The van der Waals surface area contributed by atoms with E-state index in [4.69, 9.17) is 5.73 Å². The van der Waals surface area contributed by atoms with Crippen molar-refractivity contribution in [1.29, 1.82) is 0 Å². The molecule has 2 aromatic carbocycles. The molecular formula is C14H18BrClN2O2S. The van der Waals surface area contributed by atoms with Crippen LogP contribution in [0.2, 0.25) is 0 Å². The van der Waals surface area contributed by atoms with Crippen molar-refractivity contribution < 1.29 is 8.42 Å². The van der Waals surface area contributed by atoms with Gasteiger partial charge in [-0.3, -0.25) is 0 Å². The molecule has 21 heavy (non-hydrogen) atoms. The molecule has 0 radical (unpaired) electrons. The van der Waals surface area contributed by atoms with Crippen LogP contribution in [-0.4, -0.2) is 20.5 Å². The van der Waals surface area contributed by atoms with Gasteiger partial charge in [-0.25, -0.2) is 13.1 Å². The van der Waals surface area contributed by atoms with E-state index in [1.54, 1.807) is 32.0 Å². The summed E-state index contributed by atoms with van der Waals surface area (Å²) in [6, 6.07) is 10.8. The number of benzene rings is 2. The van der Waals surface area contributed by atoms with Crippen molar-refractivity contribution in [2.24, 2.45) is 5.73 Å². The zero-order valence-corrected chi connectivity index (χ0v) is 15.0.